The smallest absolute Gasteiger partial charge is 0.0570 e. The number of aromatic nitrogens is 1. The van der Waals surface area contributed by atoms with E-state index >= 15 is 0 Å². The van der Waals surface area contributed by atoms with Crippen molar-refractivity contribution in [3.8, 4) is 0 Å². The van der Waals surface area contributed by atoms with E-state index in [2.05, 4.69) is 55.3 Å². The van der Waals surface area contributed by atoms with E-state index < -0.39 is 0 Å². The number of pyridine rings is 1. The highest BCUT2D eigenvalue weighted by molar-refractivity contribution is 5.28. The maximum absolute atomic E-state index is 4.36. The lowest BCUT2D eigenvalue weighted by molar-refractivity contribution is 0.561. The number of benzene rings is 1. The van der Waals surface area contributed by atoms with Crippen LogP contribution in [-0.4, -0.2) is 4.98 Å². The highest BCUT2D eigenvalue weighted by atomic mass is 14.9. The first-order valence-corrected chi connectivity index (χ1v) is 6.36. The fraction of sp³-hybridized carbons (Fsp3) is 0.312. The zero-order valence-electron chi connectivity index (χ0n) is 11.3. The lowest BCUT2D eigenvalue weighted by Crippen LogP contribution is -2.19. The number of hydrogen-bond acceptors (Lipinski definition) is 2. The highest BCUT2D eigenvalue weighted by Gasteiger charge is 2.05. The Morgan fingerprint density at radius 3 is 2.44 bits per heavy atom. The van der Waals surface area contributed by atoms with Gasteiger partial charge in [-0.1, -0.05) is 35.4 Å². The molecule has 2 rings (SSSR count). The zero-order valence-corrected chi connectivity index (χ0v) is 11.3. The van der Waals surface area contributed by atoms with E-state index in [9.17, 15) is 0 Å². The lowest BCUT2D eigenvalue weighted by atomic mass is 10.1. The molecule has 2 heteroatoms. The van der Waals surface area contributed by atoms with Crippen LogP contribution < -0.4 is 5.32 Å². The van der Waals surface area contributed by atoms with Crippen molar-refractivity contribution in [2.75, 3.05) is 0 Å². The van der Waals surface area contributed by atoms with Crippen LogP contribution in [0.15, 0.2) is 42.6 Å². The molecule has 1 atom stereocenters. The van der Waals surface area contributed by atoms with Crippen molar-refractivity contribution in [3.63, 3.8) is 0 Å². The monoisotopic (exact) mass is 240 g/mol. The second kappa shape index (κ2) is 5.78. The average molecular weight is 240 g/mol. The molecule has 0 aliphatic carbocycles. The third-order valence-corrected chi connectivity index (χ3v) is 3.03. The molecule has 1 heterocycles. The molecule has 0 saturated carbocycles. The quantitative estimate of drug-likeness (QED) is 0.884. The van der Waals surface area contributed by atoms with E-state index in [4.69, 9.17) is 0 Å². The molecule has 0 unspecified atom stereocenters. The summed E-state index contributed by atoms with van der Waals surface area (Å²) < 4.78 is 0. The maximum Gasteiger partial charge on any atom is 0.0570 e. The average Bonchev–Trinajstić information content (AvgIpc) is 2.36. The van der Waals surface area contributed by atoms with Crippen LogP contribution in [0, 0.1) is 13.8 Å². The Kier molecular flexibility index (Phi) is 4.11. The van der Waals surface area contributed by atoms with Crippen LogP contribution in [0.25, 0.3) is 0 Å². The molecule has 0 aliphatic rings. The van der Waals surface area contributed by atoms with Gasteiger partial charge in [0.05, 0.1) is 5.69 Å². The predicted molar refractivity (Wildman–Crippen MR) is 75.4 cm³/mol. The van der Waals surface area contributed by atoms with E-state index in [0.29, 0.717) is 0 Å². The number of aryl methyl sites for hydroxylation is 2. The largest absolute Gasteiger partial charge is 0.305 e. The van der Waals surface area contributed by atoms with Gasteiger partial charge in [0, 0.05) is 18.8 Å². The van der Waals surface area contributed by atoms with Gasteiger partial charge < -0.3 is 5.32 Å². The van der Waals surface area contributed by atoms with Gasteiger partial charge in [-0.05, 0) is 38.5 Å². The van der Waals surface area contributed by atoms with Crippen molar-refractivity contribution in [3.05, 3.63) is 65.0 Å². The van der Waals surface area contributed by atoms with Crippen molar-refractivity contribution in [1.29, 1.82) is 0 Å². The summed E-state index contributed by atoms with van der Waals surface area (Å²) >= 11 is 0. The molecule has 0 bridgehead atoms. The second-order valence-corrected chi connectivity index (χ2v) is 4.85. The van der Waals surface area contributed by atoms with Gasteiger partial charge in [0.1, 0.15) is 0 Å². The molecule has 0 spiro atoms. The Morgan fingerprint density at radius 1 is 1.11 bits per heavy atom. The molecule has 18 heavy (non-hydrogen) atoms. The van der Waals surface area contributed by atoms with Gasteiger partial charge in [-0.2, -0.15) is 0 Å². The minimum atomic E-state index is 0.270. The van der Waals surface area contributed by atoms with Gasteiger partial charge >= 0.3 is 0 Å². The molecule has 1 aromatic carbocycles. The summed E-state index contributed by atoms with van der Waals surface area (Å²) in [6.07, 6.45) is 1.84. The van der Waals surface area contributed by atoms with Crippen LogP contribution in [0.4, 0.5) is 0 Å². The molecule has 2 nitrogen and oxygen atoms in total. The summed E-state index contributed by atoms with van der Waals surface area (Å²) in [7, 11) is 0. The maximum atomic E-state index is 4.36. The molecule has 0 amide bonds. The fourth-order valence-corrected chi connectivity index (χ4v) is 2.18. The summed E-state index contributed by atoms with van der Waals surface area (Å²) in [5.74, 6) is 0. The van der Waals surface area contributed by atoms with Crippen LogP contribution in [-0.2, 0) is 6.54 Å². The zero-order chi connectivity index (χ0) is 13.0. The lowest BCUT2D eigenvalue weighted by Gasteiger charge is -2.14. The molecule has 0 fully saturated rings. The molecular weight excluding hydrogens is 220 g/mol. The summed E-state index contributed by atoms with van der Waals surface area (Å²) in [6.45, 7) is 7.29. The summed E-state index contributed by atoms with van der Waals surface area (Å²) in [4.78, 5) is 4.36. The van der Waals surface area contributed by atoms with Gasteiger partial charge in [0.25, 0.3) is 0 Å². The Labute approximate surface area is 109 Å². The molecule has 2 aromatic rings. The molecule has 1 N–H and O–H groups in total. The van der Waals surface area contributed by atoms with Crippen molar-refractivity contribution in [1.82, 2.24) is 10.3 Å². The van der Waals surface area contributed by atoms with Crippen LogP contribution in [0.2, 0.25) is 0 Å². The SMILES string of the molecule is Cc1cc(C)cc(CN[C@@H](C)c2ccccn2)c1. The van der Waals surface area contributed by atoms with Crippen molar-refractivity contribution < 1.29 is 0 Å². The highest BCUT2D eigenvalue weighted by Crippen LogP contribution is 2.12. The Balaban J connectivity index is 1.99. The number of hydrogen-bond donors (Lipinski definition) is 1. The van der Waals surface area contributed by atoms with Gasteiger partial charge in [0.15, 0.2) is 0 Å². The van der Waals surface area contributed by atoms with E-state index in [1.165, 1.54) is 16.7 Å². The number of rotatable bonds is 4. The van der Waals surface area contributed by atoms with Crippen molar-refractivity contribution in [2.24, 2.45) is 0 Å². The third-order valence-electron chi connectivity index (χ3n) is 3.03. The Morgan fingerprint density at radius 2 is 1.83 bits per heavy atom. The van der Waals surface area contributed by atoms with Crippen LogP contribution in [0.3, 0.4) is 0 Å². The molecule has 0 saturated heterocycles. The van der Waals surface area contributed by atoms with E-state index in [0.717, 1.165) is 12.2 Å². The molecule has 1 aromatic heterocycles. The first-order valence-electron chi connectivity index (χ1n) is 6.36. The van der Waals surface area contributed by atoms with Crippen LogP contribution in [0.5, 0.6) is 0 Å². The normalized spacial score (nSPS) is 12.4. The summed E-state index contributed by atoms with van der Waals surface area (Å²) in [5, 5.41) is 3.51. The molecule has 0 radical (unpaired) electrons. The first kappa shape index (κ1) is 12.8. The van der Waals surface area contributed by atoms with E-state index in [-0.39, 0.29) is 6.04 Å². The van der Waals surface area contributed by atoms with Crippen LogP contribution >= 0.6 is 0 Å². The summed E-state index contributed by atoms with van der Waals surface area (Å²) in [6, 6.07) is 12.9. The Bertz CT molecular complexity index is 486. The topological polar surface area (TPSA) is 24.9 Å². The number of nitrogens with zero attached hydrogens (tertiary/aromatic N) is 1. The standard InChI is InChI=1S/C16H20N2/c1-12-8-13(2)10-15(9-12)11-18-14(3)16-6-4-5-7-17-16/h4-10,14,18H,11H2,1-3H3/t14-/m0/s1. The van der Waals surface area contributed by atoms with E-state index in [1.54, 1.807) is 0 Å². The fourth-order valence-electron chi connectivity index (χ4n) is 2.18. The second-order valence-electron chi connectivity index (χ2n) is 4.85. The van der Waals surface area contributed by atoms with Crippen LogP contribution in [0.1, 0.15) is 35.3 Å². The van der Waals surface area contributed by atoms with Crippen molar-refractivity contribution >= 4 is 0 Å². The Hall–Kier alpha value is -1.67. The summed E-state index contributed by atoms with van der Waals surface area (Å²) in [5.41, 5.74) is 5.05. The minimum absolute atomic E-state index is 0.270. The predicted octanol–water partition coefficient (Wildman–Crippen LogP) is 3.55. The van der Waals surface area contributed by atoms with Gasteiger partial charge in [0.2, 0.25) is 0 Å². The van der Waals surface area contributed by atoms with Gasteiger partial charge in [-0.3, -0.25) is 4.98 Å². The molecular formula is C16H20N2. The first-order chi connectivity index (χ1) is 8.65. The third kappa shape index (κ3) is 3.41. The van der Waals surface area contributed by atoms with Gasteiger partial charge in [-0.15, -0.1) is 0 Å². The molecule has 0 aliphatic heterocycles. The van der Waals surface area contributed by atoms with Crippen molar-refractivity contribution in [2.45, 2.75) is 33.4 Å². The van der Waals surface area contributed by atoms with E-state index in [1.807, 2.05) is 18.3 Å². The minimum Gasteiger partial charge on any atom is -0.305 e. The number of nitrogens with one attached hydrogen (secondary N) is 1. The van der Waals surface area contributed by atoms with Gasteiger partial charge in [-0.25, -0.2) is 0 Å². The molecule has 94 valence electrons.